The van der Waals surface area contributed by atoms with E-state index in [0.29, 0.717) is 4.68 Å². The van der Waals surface area contributed by atoms with Crippen LogP contribution in [0.4, 0.5) is 22.0 Å². The molecule has 0 aromatic carbocycles. The Labute approximate surface area is 97.3 Å². The van der Waals surface area contributed by atoms with Crippen molar-refractivity contribution in [3.63, 3.8) is 0 Å². The van der Waals surface area contributed by atoms with Gasteiger partial charge in [0, 0.05) is 19.0 Å². The first-order chi connectivity index (χ1) is 7.51. The van der Waals surface area contributed by atoms with E-state index in [0.717, 1.165) is 7.05 Å². The van der Waals surface area contributed by atoms with Crippen molar-refractivity contribution in [3.05, 3.63) is 16.4 Å². The Balaban J connectivity index is 2.62. The maximum absolute atomic E-state index is 13.0. The van der Waals surface area contributed by atoms with Crippen LogP contribution in [0, 0.1) is 0 Å². The standard InChI is InChI=1S/C8H7ClF5N3/c1-17-5(9)3(4(16-17)8(12,13)14)6(15)2-7(6,10)11/h2,15H2,1H3. The summed E-state index contributed by atoms with van der Waals surface area (Å²) in [5, 5.41) is 2.58. The summed E-state index contributed by atoms with van der Waals surface area (Å²) in [6, 6.07) is 0. The van der Waals surface area contributed by atoms with Gasteiger partial charge >= 0.3 is 6.18 Å². The van der Waals surface area contributed by atoms with E-state index < -0.39 is 40.5 Å². The van der Waals surface area contributed by atoms with Crippen LogP contribution in [0.15, 0.2) is 0 Å². The minimum absolute atomic E-state index is 0.517. The zero-order chi connectivity index (χ0) is 13.2. The molecule has 17 heavy (non-hydrogen) atoms. The lowest BCUT2D eigenvalue weighted by molar-refractivity contribution is -0.142. The zero-order valence-corrected chi connectivity index (χ0v) is 9.20. The Morgan fingerprint density at radius 2 is 1.88 bits per heavy atom. The van der Waals surface area contributed by atoms with Crippen molar-refractivity contribution >= 4 is 11.6 Å². The van der Waals surface area contributed by atoms with Crippen molar-refractivity contribution in [2.75, 3.05) is 0 Å². The molecular formula is C8H7ClF5N3. The van der Waals surface area contributed by atoms with Crippen molar-refractivity contribution in [1.29, 1.82) is 0 Å². The van der Waals surface area contributed by atoms with E-state index in [1.807, 2.05) is 0 Å². The van der Waals surface area contributed by atoms with Gasteiger partial charge in [-0.2, -0.15) is 18.3 Å². The van der Waals surface area contributed by atoms with E-state index in [4.69, 9.17) is 17.3 Å². The highest BCUT2D eigenvalue weighted by atomic mass is 35.5. The van der Waals surface area contributed by atoms with E-state index in [1.165, 1.54) is 0 Å². The SMILES string of the molecule is Cn1nc(C(F)(F)F)c(C2(N)CC2(F)F)c1Cl. The Hall–Kier alpha value is -0.890. The number of alkyl halides is 5. The highest BCUT2D eigenvalue weighted by Gasteiger charge is 2.73. The third-order valence-electron chi connectivity index (χ3n) is 2.72. The molecule has 0 aliphatic heterocycles. The second kappa shape index (κ2) is 3.11. The van der Waals surface area contributed by atoms with Crippen LogP contribution in [0.25, 0.3) is 0 Å². The second-order valence-electron chi connectivity index (χ2n) is 3.99. The number of aryl methyl sites for hydroxylation is 1. The summed E-state index contributed by atoms with van der Waals surface area (Å²) in [6.45, 7) is 0. The van der Waals surface area contributed by atoms with Crippen molar-refractivity contribution in [3.8, 4) is 0 Å². The molecule has 1 saturated carbocycles. The van der Waals surface area contributed by atoms with Crippen molar-refractivity contribution < 1.29 is 22.0 Å². The number of nitrogens with two attached hydrogens (primary N) is 1. The average molecular weight is 276 g/mol. The van der Waals surface area contributed by atoms with E-state index >= 15 is 0 Å². The molecule has 2 N–H and O–H groups in total. The molecule has 0 spiro atoms. The lowest BCUT2D eigenvalue weighted by Crippen LogP contribution is -2.30. The Bertz CT molecular complexity index is 480. The first kappa shape index (κ1) is 12.6. The van der Waals surface area contributed by atoms with Crippen LogP contribution in [0.5, 0.6) is 0 Å². The molecule has 0 saturated heterocycles. The van der Waals surface area contributed by atoms with Crippen LogP contribution in [-0.2, 0) is 18.8 Å². The fraction of sp³-hybridized carbons (Fsp3) is 0.625. The topological polar surface area (TPSA) is 43.8 Å². The molecule has 0 amide bonds. The van der Waals surface area contributed by atoms with Crippen molar-refractivity contribution in [2.24, 2.45) is 12.8 Å². The number of rotatable bonds is 1. The molecule has 1 unspecified atom stereocenters. The van der Waals surface area contributed by atoms with Gasteiger partial charge in [0.05, 0.1) is 0 Å². The van der Waals surface area contributed by atoms with Gasteiger partial charge in [-0.3, -0.25) is 4.68 Å². The Kier molecular flexibility index (Phi) is 2.30. The molecule has 0 bridgehead atoms. The average Bonchev–Trinajstić information content (AvgIpc) is 2.47. The molecule has 1 heterocycles. The highest BCUT2D eigenvalue weighted by Crippen LogP contribution is 2.60. The molecule has 1 aliphatic carbocycles. The van der Waals surface area contributed by atoms with Crippen LogP contribution >= 0.6 is 11.6 Å². The summed E-state index contributed by atoms with van der Waals surface area (Å²) in [4.78, 5) is 0. The minimum Gasteiger partial charge on any atom is -0.316 e. The predicted octanol–water partition coefficient (Wildman–Crippen LogP) is 2.29. The van der Waals surface area contributed by atoms with Crippen LogP contribution in [-0.4, -0.2) is 15.7 Å². The fourth-order valence-electron chi connectivity index (χ4n) is 1.67. The normalized spacial score (nSPS) is 27.3. The molecule has 1 aromatic heterocycles. The molecule has 3 nitrogen and oxygen atoms in total. The maximum atomic E-state index is 13.0. The first-order valence-electron chi connectivity index (χ1n) is 4.47. The van der Waals surface area contributed by atoms with Gasteiger partial charge in [-0.25, -0.2) is 8.78 Å². The number of nitrogens with zero attached hydrogens (tertiary/aromatic N) is 2. The largest absolute Gasteiger partial charge is 0.435 e. The van der Waals surface area contributed by atoms with Crippen LogP contribution in [0.1, 0.15) is 17.7 Å². The molecule has 1 fully saturated rings. The van der Waals surface area contributed by atoms with Gasteiger partial charge < -0.3 is 5.73 Å². The number of hydrogen-bond donors (Lipinski definition) is 1. The predicted molar refractivity (Wildman–Crippen MR) is 48.6 cm³/mol. The first-order valence-corrected chi connectivity index (χ1v) is 4.85. The third kappa shape index (κ3) is 1.61. The Morgan fingerprint density at radius 1 is 1.41 bits per heavy atom. The smallest absolute Gasteiger partial charge is 0.316 e. The van der Waals surface area contributed by atoms with Gasteiger partial charge in [0.2, 0.25) is 0 Å². The molecule has 1 aromatic rings. The molecule has 2 rings (SSSR count). The Morgan fingerprint density at radius 3 is 2.24 bits per heavy atom. The van der Waals surface area contributed by atoms with Crippen LogP contribution < -0.4 is 5.73 Å². The fourth-order valence-corrected chi connectivity index (χ4v) is 1.97. The monoisotopic (exact) mass is 275 g/mol. The maximum Gasteiger partial charge on any atom is 0.435 e. The van der Waals surface area contributed by atoms with Crippen molar-refractivity contribution in [2.45, 2.75) is 24.1 Å². The molecule has 96 valence electrons. The molecular weight excluding hydrogens is 269 g/mol. The number of aromatic nitrogens is 2. The van der Waals surface area contributed by atoms with E-state index in [-0.39, 0.29) is 0 Å². The van der Waals surface area contributed by atoms with Gasteiger partial charge in [-0.15, -0.1) is 0 Å². The summed E-state index contributed by atoms with van der Waals surface area (Å²) in [5.74, 6) is -3.39. The van der Waals surface area contributed by atoms with Gasteiger partial charge in [0.25, 0.3) is 5.92 Å². The zero-order valence-electron chi connectivity index (χ0n) is 8.45. The van der Waals surface area contributed by atoms with E-state index in [2.05, 4.69) is 5.10 Å². The quantitative estimate of drug-likeness (QED) is 0.799. The second-order valence-corrected chi connectivity index (χ2v) is 4.35. The third-order valence-corrected chi connectivity index (χ3v) is 3.15. The molecule has 1 aliphatic rings. The lowest BCUT2D eigenvalue weighted by atomic mass is 10.1. The summed E-state index contributed by atoms with van der Waals surface area (Å²) in [7, 11) is 1.13. The molecule has 1 atom stereocenters. The summed E-state index contributed by atoms with van der Waals surface area (Å²) in [6.07, 6.45) is -5.74. The minimum atomic E-state index is -4.87. The highest BCUT2D eigenvalue weighted by molar-refractivity contribution is 6.30. The summed E-state index contributed by atoms with van der Waals surface area (Å²) < 4.78 is 64.6. The van der Waals surface area contributed by atoms with Gasteiger partial charge in [-0.05, 0) is 0 Å². The van der Waals surface area contributed by atoms with Crippen molar-refractivity contribution in [1.82, 2.24) is 9.78 Å². The summed E-state index contributed by atoms with van der Waals surface area (Å²) in [5.41, 5.74) is 0.610. The summed E-state index contributed by atoms with van der Waals surface area (Å²) >= 11 is 5.56. The van der Waals surface area contributed by atoms with Gasteiger partial charge in [0.1, 0.15) is 10.7 Å². The van der Waals surface area contributed by atoms with Gasteiger partial charge in [-0.1, -0.05) is 11.6 Å². The van der Waals surface area contributed by atoms with E-state index in [9.17, 15) is 22.0 Å². The van der Waals surface area contributed by atoms with Crippen LogP contribution in [0.2, 0.25) is 5.15 Å². The molecule has 9 heteroatoms. The molecule has 0 radical (unpaired) electrons. The van der Waals surface area contributed by atoms with E-state index in [1.54, 1.807) is 0 Å². The van der Waals surface area contributed by atoms with Crippen LogP contribution in [0.3, 0.4) is 0 Å². The number of hydrogen-bond acceptors (Lipinski definition) is 2. The number of halogens is 6. The van der Waals surface area contributed by atoms with Gasteiger partial charge in [0.15, 0.2) is 5.69 Å². The lowest BCUT2D eigenvalue weighted by Gasteiger charge is -2.12.